The first-order valence-corrected chi connectivity index (χ1v) is 10.9. The van der Waals surface area contributed by atoms with Crippen LogP contribution in [0.2, 0.25) is 5.28 Å². The number of imidazole rings is 1. The third-order valence-electron chi connectivity index (χ3n) is 5.75. The molecular weight excluding hydrogens is 524 g/mol. The molecule has 1 fully saturated rings. The summed E-state index contributed by atoms with van der Waals surface area (Å²) in [6, 6.07) is 2.65. The van der Waals surface area contributed by atoms with Crippen LogP contribution in [-0.2, 0) is 25.5 Å². The minimum atomic E-state index is -2.90. The Morgan fingerprint density at radius 1 is 1.24 bits per heavy atom. The number of nitrogens with two attached hydrogens (primary N) is 1. The first kappa shape index (κ1) is 26.1. The van der Waals surface area contributed by atoms with Crippen LogP contribution in [-0.4, -0.2) is 77.2 Å². The number of carboxylic acids is 3. The normalized spacial score (nSPS) is 19.8. The van der Waals surface area contributed by atoms with Gasteiger partial charge < -0.3 is 30.5 Å². The fourth-order valence-corrected chi connectivity index (χ4v) is 4.10. The van der Waals surface area contributed by atoms with Gasteiger partial charge in [0.2, 0.25) is 5.28 Å². The zero-order chi connectivity index (χ0) is 27.1. The molecule has 13 nitrogen and oxygen atoms in total. The monoisotopic (exact) mass is 541 g/mol. The number of halogens is 3. The van der Waals surface area contributed by atoms with Crippen molar-refractivity contribution in [3.63, 3.8) is 0 Å². The van der Waals surface area contributed by atoms with Gasteiger partial charge in [0.05, 0.1) is 24.6 Å². The van der Waals surface area contributed by atoms with E-state index in [1.807, 2.05) is 0 Å². The molecule has 0 bridgehead atoms. The zero-order valence-corrected chi connectivity index (χ0v) is 19.3. The largest absolute Gasteiger partial charge is 0.479 e. The van der Waals surface area contributed by atoms with Gasteiger partial charge >= 0.3 is 17.9 Å². The molecule has 16 heteroatoms. The molecule has 3 heterocycles. The Morgan fingerprint density at radius 2 is 1.95 bits per heavy atom. The highest BCUT2D eigenvalue weighted by Gasteiger charge is 2.50. The number of aromatic nitrogens is 4. The summed E-state index contributed by atoms with van der Waals surface area (Å²) in [4.78, 5) is 46.8. The first-order chi connectivity index (χ1) is 17.4. The summed E-state index contributed by atoms with van der Waals surface area (Å²) in [6.07, 6.45) is -3.97. The molecule has 2 aromatic heterocycles. The molecule has 1 aliphatic rings. The second kappa shape index (κ2) is 9.84. The molecule has 1 aromatic carbocycles. The quantitative estimate of drug-likeness (QED) is 0.226. The molecule has 3 aromatic rings. The van der Waals surface area contributed by atoms with Gasteiger partial charge in [0.1, 0.15) is 17.5 Å². The van der Waals surface area contributed by atoms with Crippen molar-refractivity contribution in [1.29, 1.82) is 0 Å². The Kier molecular flexibility index (Phi) is 6.94. The molecule has 0 amide bonds. The van der Waals surface area contributed by atoms with E-state index in [2.05, 4.69) is 15.0 Å². The van der Waals surface area contributed by atoms with Crippen LogP contribution in [0.15, 0.2) is 24.5 Å². The minimum Gasteiger partial charge on any atom is -0.479 e. The summed E-state index contributed by atoms with van der Waals surface area (Å²) in [6.45, 7) is -0.657. The lowest BCUT2D eigenvalue weighted by Crippen LogP contribution is -2.52. The van der Waals surface area contributed by atoms with Crippen molar-refractivity contribution in [1.82, 2.24) is 19.5 Å². The summed E-state index contributed by atoms with van der Waals surface area (Å²) in [5.74, 6) is -6.59. The molecule has 1 saturated heterocycles. The van der Waals surface area contributed by atoms with Gasteiger partial charge in [-0.05, 0) is 29.3 Å². The van der Waals surface area contributed by atoms with E-state index in [1.54, 1.807) is 0 Å². The average Bonchev–Trinajstić information content (AvgIpc) is 3.38. The van der Waals surface area contributed by atoms with Crippen molar-refractivity contribution in [3.8, 4) is 0 Å². The van der Waals surface area contributed by atoms with Crippen LogP contribution in [0.4, 0.5) is 14.6 Å². The standard InChI is InChI=1S/C21H18ClF2N5O8/c22-20-27-14(25)13-15(28-20)29(7-26-13)16-12(24)4-9(37-16)6-36-21(18(32)33,19(34)35)5-8-1-2-10(17(30)31)11(23)3-8/h1-3,7,9,12,16H,4-6H2,(H,30,31)(H,32,33)(H,34,35)(H2,25,27,28). The summed E-state index contributed by atoms with van der Waals surface area (Å²) in [5.41, 5.74) is 2.25. The van der Waals surface area contributed by atoms with Crippen molar-refractivity contribution >= 4 is 46.5 Å². The molecule has 1 aliphatic heterocycles. The Labute approximate surface area is 210 Å². The molecule has 0 aliphatic carbocycles. The Balaban J connectivity index is 1.54. The topological polar surface area (TPSA) is 200 Å². The van der Waals surface area contributed by atoms with Crippen LogP contribution in [0.1, 0.15) is 28.6 Å². The van der Waals surface area contributed by atoms with E-state index < -0.39 is 66.4 Å². The van der Waals surface area contributed by atoms with Gasteiger partial charge in [0.25, 0.3) is 5.60 Å². The third-order valence-corrected chi connectivity index (χ3v) is 5.92. The molecule has 5 N–H and O–H groups in total. The molecule has 0 saturated carbocycles. The highest BCUT2D eigenvalue weighted by molar-refractivity contribution is 6.28. The number of hydrogen-bond donors (Lipinski definition) is 4. The first-order valence-electron chi connectivity index (χ1n) is 10.5. The molecule has 196 valence electrons. The number of anilines is 1. The van der Waals surface area contributed by atoms with Gasteiger partial charge in [-0.25, -0.2) is 28.1 Å². The van der Waals surface area contributed by atoms with Crippen LogP contribution in [0.25, 0.3) is 11.2 Å². The van der Waals surface area contributed by atoms with Crippen molar-refractivity contribution in [2.24, 2.45) is 0 Å². The fraction of sp³-hybridized carbons (Fsp3) is 0.333. The summed E-state index contributed by atoms with van der Waals surface area (Å²) in [7, 11) is 0. The van der Waals surface area contributed by atoms with E-state index in [0.717, 1.165) is 12.1 Å². The predicted molar refractivity (Wildman–Crippen MR) is 119 cm³/mol. The Hall–Kier alpha value is -3.95. The van der Waals surface area contributed by atoms with Crippen molar-refractivity contribution in [3.05, 3.63) is 46.8 Å². The predicted octanol–water partition coefficient (Wildman–Crippen LogP) is 1.69. The van der Waals surface area contributed by atoms with Gasteiger partial charge in [0.15, 0.2) is 17.7 Å². The van der Waals surface area contributed by atoms with E-state index in [4.69, 9.17) is 31.9 Å². The number of benzene rings is 1. The van der Waals surface area contributed by atoms with Crippen molar-refractivity contribution in [2.75, 3.05) is 12.3 Å². The number of nitrogen functional groups attached to an aromatic ring is 1. The van der Waals surface area contributed by atoms with Crippen LogP contribution in [0.3, 0.4) is 0 Å². The molecule has 3 unspecified atom stereocenters. The number of aromatic carboxylic acids is 1. The van der Waals surface area contributed by atoms with Crippen molar-refractivity contribution in [2.45, 2.75) is 36.9 Å². The smallest absolute Gasteiger partial charge is 0.348 e. The van der Waals surface area contributed by atoms with Crippen LogP contribution in [0.5, 0.6) is 0 Å². The second-order valence-corrected chi connectivity index (χ2v) is 8.48. The van der Waals surface area contributed by atoms with E-state index >= 15 is 0 Å². The van der Waals surface area contributed by atoms with Crippen LogP contribution in [0, 0.1) is 5.82 Å². The van der Waals surface area contributed by atoms with Crippen LogP contribution < -0.4 is 5.73 Å². The second-order valence-electron chi connectivity index (χ2n) is 8.15. The number of ether oxygens (including phenoxy) is 2. The maximum Gasteiger partial charge on any atom is 0.348 e. The maximum absolute atomic E-state index is 14.9. The number of hydrogen-bond acceptors (Lipinski definition) is 9. The SMILES string of the molecule is Nc1nc(Cl)nc2c1ncn2C1OC(COC(Cc2ccc(C(=O)O)c(F)c2)(C(=O)O)C(=O)O)CC1F. The number of aliphatic carboxylic acids is 2. The fourth-order valence-electron chi connectivity index (χ4n) is 3.93. The lowest BCUT2D eigenvalue weighted by Gasteiger charge is -2.27. The van der Waals surface area contributed by atoms with Gasteiger partial charge in [-0.3, -0.25) is 4.57 Å². The Morgan fingerprint density at radius 3 is 2.57 bits per heavy atom. The molecular formula is C21H18ClF2N5O8. The number of alkyl halides is 1. The number of rotatable bonds is 9. The molecule has 3 atom stereocenters. The molecule has 0 radical (unpaired) electrons. The van der Waals surface area contributed by atoms with Gasteiger partial charge in [-0.2, -0.15) is 9.97 Å². The highest BCUT2D eigenvalue weighted by atomic mass is 35.5. The molecule has 37 heavy (non-hydrogen) atoms. The number of carbonyl (C=O) groups is 3. The van der Waals surface area contributed by atoms with E-state index in [9.17, 15) is 33.4 Å². The van der Waals surface area contributed by atoms with Crippen LogP contribution >= 0.6 is 11.6 Å². The zero-order valence-electron chi connectivity index (χ0n) is 18.5. The van der Waals surface area contributed by atoms with Gasteiger partial charge in [-0.15, -0.1) is 0 Å². The third kappa shape index (κ3) is 4.87. The number of carboxylic acid groups (broad SMARTS) is 3. The Bertz CT molecular complexity index is 1390. The lowest BCUT2D eigenvalue weighted by molar-refractivity contribution is -0.188. The highest BCUT2D eigenvalue weighted by Crippen LogP contribution is 2.35. The lowest BCUT2D eigenvalue weighted by atomic mass is 9.93. The van der Waals surface area contributed by atoms with E-state index in [0.29, 0.717) is 6.07 Å². The molecule has 4 rings (SSSR count). The molecule has 0 spiro atoms. The number of fused-ring (bicyclic) bond motifs is 1. The van der Waals surface area contributed by atoms with E-state index in [-0.39, 0.29) is 34.2 Å². The summed E-state index contributed by atoms with van der Waals surface area (Å²) >= 11 is 5.82. The van der Waals surface area contributed by atoms with Gasteiger partial charge in [0, 0.05) is 12.8 Å². The average molecular weight is 542 g/mol. The summed E-state index contributed by atoms with van der Waals surface area (Å²) in [5, 5.41) is 28.2. The van der Waals surface area contributed by atoms with E-state index in [1.165, 1.54) is 10.9 Å². The van der Waals surface area contributed by atoms with Crippen molar-refractivity contribution < 1.29 is 48.0 Å². The summed E-state index contributed by atoms with van der Waals surface area (Å²) < 4.78 is 41.1. The minimum absolute atomic E-state index is 0.0393. The maximum atomic E-state index is 14.9. The van der Waals surface area contributed by atoms with Gasteiger partial charge in [-0.1, -0.05) is 6.07 Å². The number of nitrogens with zero attached hydrogens (tertiary/aromatic N) is 4.